The Balaban J connectivity index is 4.17. The standard InChI is InChI=1S/C7H9NO5S/c1-14-6(7(12)13)8-4(9)2-3-5(10)11/h2-3,6H,1H3,(H,8,9)(H,10,11)(H,12,13). The highest BCUT2D eigenvalue weighted by molar-refractivity contribution is 7.99. The fourth-order valence-corrected chi connectivity index (χ4v) is 0.981. The van der Waals surface area contributed by atoms with Crippen LogP contribution < -0.4 is 5.32 Å². The van der Waals surface area contributed by atoms with Gasteiger partial charge in [-0.2, -0.15) is 0 Å². The number of rotatable bonds is 5. The van der Waals surface area contributed by atoms with Crippen LogP contribution in [0.25, 0.3) is 0 Å². The van der Waals surface area contributed by atoms with Crippen LogP contribution in [0.2, 0.25) is 0 Å². The van der Waals surface area contributed by atoms with Crippen LogP contribution >= 0.6 is 11.8 Å². The summed E-state index contributed by atoms with van der Waals surface area (Å²) in [5, 5.41) is 17.7. The highest BCUT2D eigenvalue weighted by atomic mass is 32.2. The minimum atomic E-state index is -1.27. The summed E-state index contributed by atoms with van der Waals surface area (Å²) in [5.41, 5.74) is 0. The zero-order chi connectivity index (χ0) is 11.1. The van der Waals surface area contributed by atoms with Crippen LogP contribution in [0, 0.1) is 0 Å². The smallest absolute Gasteiger partial charge is 0.336 e. The molecule has 0 aliphatic rings. The lowest BCUT2D eigenvalue weighted by atomic mass is 10.4. The summed E-state index contributed by atoms with van der Waals surface area (Å²) in [6, 6.07) is 0. The summed E-state index contributed by atoms with van der Waals surface area (Å²) in [5.74, 6) is -3.21. The molecular weight excluding hydrogens is 210 g/mol. The van der Waals surface area contributed by atoms with E-state index in [9.17, 15) is 14.4 Å². The molecule has 0 saturated carbocycles. The summed E-state index contributed by atoms with van der Waals surface area (Å²) >= 11 is 0.928. The minimum Gasteiger partial charge on any atom is -0.479 e. The van der Waals surface area contributed by atoms with E-state index >= 15 is 0 Å². The van der Waals surface area contributed by atoms with E-state index in [1.807, 2.05) is 0 Å². The average molecular weight is 219 g/mol. The molecule has 0 fully saturated rings. The number of carbonyl (C=O) groups is 3. The van der Waals surface area contributed by atoms with Gasteiger partial charge in [0.15, 0.2) is 5.37 Å². The van der Waals surface area contributed by atoms with Crippen molar-refractivity contribution in [2.24, 2.45) is 0 Å². The highest BCUT2D eigenvalue weighted by Gasteiger charge is 2.16. The molecule has 0 aliphatic heterocycles. The Kier molecular flexibility index (Phi) is 5.38. The Bertz CT molecular complexity index is 275. The number of hydrogen-bond acceptors (Lipinski definition) is 4. The number of carbonyl (C=O) groups excluding carboxylic acids is 1. The predicted molar refractivity (Wildman–Crippen MR) is 49.9 cm³/mol. The van der Waals surface area contributed by atoms with Crippen molar-refractivity contribution < 1.29 is 24.6 Å². The summed E-state index contributed by atoms with van der Waals surface area (Å²) in [4.78, 5) is 31.3. The van der Waals surface area contributed by atoms with Crippen LogP contribution in [0.4, 0.5) is 0 Å². The number of carboxylic acids is 2. The van der Waals surface area contributed by atoms with Gasteiger partial charge in [-0.25, -0.2) is 9.59 Å². The first-order chi connectivity index (χ1) is 6.47. The van der Waals surface area contributed by atoms with Gasteiger partial charge in [0.1, 0.15) is 0 Å². The molecular formula is C7H9NO5S. The van der Waals surface area contributed by atoms with Crippen molar-refractivity contribution in [1.82, 2.24) is 5.32 Å². The predicted octanol–water partition coefficient (Wildman–Crippen LogP) is -0.483. The van der Waals surface area contributed by atoms with Crippen LogP contribution in [0.1, 0.15) is 0 Å². The van der Waals surface area contributed by atoms with E-state index in [2.05, 4.69) is 5.32 Å². The Morgan fingerprint density at radius 3 is 2.21 bits per heavy atom. The van der Waals surface area contributed by atoms with E-state index < -0.39 is 23.2 Å². The minimum absolute atomic E-state index is 0.634. The fourth-order valence-electron chi connectivity index (χ4n) is 0.546. The molecule has 0 saturated heterocycles. The van der Waals surface area contributed by atoms with Gasteiger partial charge in [0, 0.05) is 12.2 Å². The topological polar surface area (TPSA) is 104 Å². The van der Waals surface area contributed by atoms with Gasteiger partial charge in [-0.3, -0.25) is 4.79 Å². The molecule has 0 radical (unpaired) electrons. The zero-order valence-electron chi connectivity index (χ0n) is 7.26. The molecule has 1 atom stereocenters. The van der Waals surface area contributed by atoms with Crippen molar-refractivity contribution in [2.45, 2.75) is 5.37 Å². The van der Waals surface area contributed by atoms with Crippen molar-refractivity contribution >= 4 is 29.6 Å². The molecule has 1 unspecified atom stereocenters. The molecule has 3 N–H and O–H groups in total. The molecule has 0 spiro atoms. The average Bonchev–Trinajstić information content (AvgIpc) is 2.10. The van der Waals surface area contributed by atoms with Crippen LogP contribution in [-0.4, -0.2) is 39.7 Å². The van der Waals surface area contributed by atoms with E-state index in [-0.39, 0.29) is 0 Å². The number of thioether (sulfide) groups is 1. The van der Waals surface area contributed by atoms with Gasteiger partial charge in [0.05, 0.1) is 0 Å². The quantitative estimate of drug-likeness (QED) is 0.426. The molecule has 0 bridgehead atoms. The Labute approximate surface area is 84.0 Å². The van der Waals surface area contributed by atoms with E-state index in [1.54, 1.807) is 0 Å². The van der Waals surface area contributed by atoms with Gasteiger partial charge in [-0.1, -0.05) is 0 Å². The molecule has 0 aromatic heterocycles. The second kappa shape index (κ2) is 6.03. The van der Waals surface area contributed by atoms with Gasteiger partial charge < -0.3 is 15.5 Å². The molecule has 14 heavy (non-hydrogen) atoms. The van der Waals surface area contributed by atoms with E-state index in [0.29, 0.717) is 6.08 Å². The molecule has 0 aromatic carbocycles. The molecule has 78 valence electrons. The summed E-state index contributed by atoms with van der Waals surface area (Å²) in [6.45, 7) is 0. The third kappa shape index (κ3) is 5.20. The van der Waals surface area contributed by atoms with E-state index in [4.69, 9.17) is 10.2 Å². The van der Waals surface area contributed by atoms with Gasteiger partial charge >= 0.3 is 11.9 Å². The monoisotopic (exact) mass is 219 g/mol. The summed E-state index contributed by atoms with van der Waals surface area (Å²) in [6.07, 6.45) is 2.91. The van der Waals surface area contributed by atoms with Crippen LogP contribution in [0.15, 0.2) is 12.2 Å². The molecule has 0 aliphatic carbocycles. The van der Waals surface area contributed by atoms with Crippen LogP contribution in [-0.2, 0) is 14.4 Å². The molecule has 1 amide bonds. The summed E-state index contributed by atoms with van der Waals surface area (Å²) < 4.78 is 0. The maximum Gasteiger partial charge on any atom is 0.336 e. The molecule has 0 rings (SSSR count). The first-order valence-electron chi connectivity index (χ1n) is 3.44. The van der Waals surface area contributed by atoms with Crippen molar-refractivity contribution in [3.05, 3.63) is 12.2 Å². The number of hydrogen-bond donors (Lipinski definition) is 3. The normalized spacial score (nSPS) is 12.4. The molecule has 6 nitrogen and oxygen atoms in total. The Morgan fingerprint density at radius 1 is 1.29 bits per heavy atom. The van der Waals surface area contributed by atoms with Crippen LogP contribution in [0.3, 0.4) is 0 Å². The van der Waals surface area contributed by atoms with Crippen molar-refractivity contribution in [2.75, 3.05) is 6.26 Å². The third-order valence-electron chi connectivity index (χ3n) is 1.11. The first-order valence-corrected chi connectivity index (χ1v) is 4.73. The number of amides is 1. The summed E-state index contributed by atoms with van der Waals surface area (Å²) in [7, 11) is 0. The zero-order valence-corrected chi connectivity index (χ0v) is 8.08. The van der Waals surface area contributed by atoms with Crippen molar-refractivity contribution in [3.63, 3.8) is 0 Å². The van der Waals surface area contributed by atoms with Crippen molar-refractivity contribution in [3.8, 4) is 0 Å². The maximum atomic E-state index is 10.9. The van der Waals surface area contributed by atoms with Gasteiger partial charge in [-0.15, -0.1) is 11.8 Å². The van der Waals surface area contributed by atoms with Gasteiger partial charge in [-0.05, 0) is 6.26 Å². The Hall–Kier alpha value is -1.50. The molecule has 0 heterocycles. The highest BCUT2D eigenvalue weighted by Crippen LogP contribution is 2.02. The maximum absolute atomic E-state index is 10.9. The number of nitrogens with one attached hydrogen (secondary N) is 1. The van der Waals surface area contributed by atoms with Gasteiger partial charge in [0.2, 0.25) is 5.91 Å². The lowest BCUT2D eigenvalue weighted by Crippen LogP contribution is -2.37. The Morgan fingerprint density at radius 2 is 1.86 bits per heavy atom. The largest absolute Gasteiger partial charge is 0.479 e. The van der Waals surface area contributed by atoms with E-state index in [1.165, 1.54) is 6.26 Å². The van der Waals surface area contributed by atoms with Gasteiger partial charge in [0.25, 0.3) is 0 Å². The lowest BCUT2D eigenvalue weighted by Gasteiger charge is -2.08. The SMILES string of the molecule is CSC(NC(=O)C=CC(=O)O)C(=O)O. The second-order valence-corrected chi connectivity index (χ2v) is 3.08. The third-order valence-corrected chi connectivity index (χ3v) is 1.90. The first kappa shape index (κ1) is 12.5. The van der Waals surface area contributed by atoms with Crippen molar-refractivity contribution in [1.29, 1.82) is 0 Å². The fraction of sp³-hybridized carbons (Fsp3) is 0.286. The second-order valence-electron chi connectivity index (χ2n) is 2.13. The molecule has 7 heteroatoms. The number of aliphatic carboxylic acids is 2. The lowest BCUT2D eigenvalue weighted by molar-refractivity contribution is -0.138. The van der Waals surface area contributed by atoms with E-state index in [0.717, 1.165) is 17.8 Å². The number of carboxylic acid groups (broad SMARTS) is 2. The van der Waals surface area contributed by atoms with Crippen LogP contribution in [0.5, 0.6) is 0 Å². The molecule has 0 aromatic rings.